The Morgan fingerprint density at radius 3 is 2.57 bits per heavy atom. The number of aromatic nitrogens is 1. The third kappa shape index (κ3) is 4.32. The Labute approximate surface area is 165 Å². The van der Waals surface area contributed by atoms with E-state index in [1.807, 2.05) is 53.4 Å². The summed E-state index contributed by atoms with van der Waals surface area (Å²) in [5, 5.41) is 3.40. The number of hydrogen-bond acceptors (Lipinski definition) is 6. The molecular weight excluding hydrogens is 352 g/mol. The molecule has 5 N–H and O–H groups in total. The largest absolute Gasteiger partial charge is 0.354 e. The van der Waals surface area contributed by atoms with Crippen molar-refractivity contribution < 1.29 is 4.79 Å². The van der Waals surface area contributed by atoms with Gasteiger partial charge in [0.15, 0.2) is 0 Å². The number of likely N-dealkylation sites (tertiary alicyclic amines) is 1. The molecule has 2 aliphatic rings. The molecule has 0 aliphatic carbocycles. The minimum atomic E-state index is -0.573. The Morgan fingerprint density at radius 1 is 1.11 bits per heavy atom. The van der Waals surface area contributed by atoms with Crippen molar-refractivity contribution >= 4 is 11.7 Å². The fourth-order valence-corrected chi connectivity index (χ4v) is 4.13. The van der Waals surface area contributed by atoms with E-state index in [4.69, 9.17) is 5.73 Å². The van der Waals surface area contributed by atoms with Gasteiger partial charge in [0, 0.05) is 25.3 Å². The molecule has 2 aromatic rings. The normalized spacial score (nSPS) is 24.1. The van der Waals surface area contributed by atoms with Crippen LogP contribution in [0.3, 0.4) is 0 Å². The predicted octanol–water partition coefficient (Wildman–Crippen LogP) is 1.62. The first-order valence-electron chi connectivity index (χ1n) is 9.98. The predicted molar refractivity (Wildman–Crippen MR) is 109 cm³/mol. The van der Waals surface area contributed by atoms with Crippen LogP contribution in [0.1, 0.15) is 30.9 Å². The molecule has 0 bridgehead atoms. The number of nitrogens with two attached hydrogens (primary N) is 1. The van der Waals surface area contributed by atoms with Crippen molar-refractivity contribution in [1.29, 1.82) is 0 Å². The lowest BCUT2D eigenvalue weighted by Crippen LogP contribution is -2.47. The summed E-state index contributed by atoms with van der Waals surface area (Å²) in [5.74, 6) is 1.44. The van der Waals surface area contributed by atoms with Crippen LogP contribution in [0.2, 0.25) is 0 Å². The van der Waals surface area contributed by atoms with Crippen LogP contribution >= 0.6 is 0 Å². The van der Waals surface area contributed by atoms with Crippen LogP contribution < -0.4 is 21.9 Å². The van der Waals surface area contributed by atoms with Crippen molar-refractivity contribution in [2.45, 2.75) is 37.5 Å². The van der Waals surface area contributed by atoms with Gasteiger partial charge in [-0.3, -0.25) is 10.2 Å². The van der Waals surface area contributed by atoms with Gasteiger partial charge in [0.05, 0.1) is 6.17 Å². The van der Waals surface area contributed by atoms with Crippen molar-refractivity contribution in [3.8, 4) is 0 Å². The maximum absolute atomic E-state index is 12.7. The van der Waals surface area contributed by atoms with Gasteiger partial charge in [-0.15, -0.1) is 0 Å². The highest BCUT2D eigenvalue weighted by atomic mass is 16.2. The molecule has 7 nitrogen and oxygen atoms in total. The number of carbonyl (C=O) groups is 1. The SMILES string of the molecule is NC(C(=O)N1CCC(C2CC(Nc3ccccn3)NN2)CC1)c1ccccc1. The first kappa shape index (κ1) is 18.9. The second-order valence-corrected chi connectivity index (χ2v) is 7.59. The molecule has 1 aromatic carbocycles. The molecule has 3 atom stereocenters. The molecule has 2 saturated heterocycles. The molecule has 0 radical (unpaired) electrons. The topological polar surface area (TPSA) is 95.3 Å². The van der Waals surface area contributed by atoms with Gasteiger partial charge in [0.25, 0.3) is 0 Å². The molecule has 4 rings (SSSR count). The van der Waals surface area contributed by atoms with E-state index in [1.165, 1.54) is 0 Å². The summed E-state index contributed by atoms with van der Waals surface area (Å²) in [6, 6.07) is 15.3. The zero-order valence-corrected chi connectivity index (χ0v) is 15.9. The fraction of sp³-hybridized carbons (Fsp3) is 0.429. The number of piperidine rings is 1. The number of rotatable bonds is 5. The van der Waals surface area contributed by atoms with Gasteiger partial charge < -0.3 is 16.0 Å². The number of carbonyl (C=O) groups excluding carboxylic acids is 1. The van der Waals surface area contributed by atoms with Gasteiger partial charge in [-0.25, -0.2) is 10.4 Å². The summed E-state index contributed by atoms with van der Waals surface area (Å²) in [6.45, 7) is 1.53. The lowest BCUT2D eigenvalue weighted by molar-refractivity contribution is -0.134. The lowest BCUT2D eigenvalue weighted by atomic mass is 9.87. The average molecular weight is 380 g/mol. The molecule has 2 aliphatic heterocycles. The summed E-state index contributed by atoms with van der Waals surface area (Å²) < 4.78 is 0. The second kappa shape index (κ2) is 8.68. The van der Waals surface area contributed by atoms with Gasteiger partial charge in [0.1, 0.15) is 11.9 Å². The van der Waals surface area contributed by atoms with Crippen molar-refractivity contribution in [2.24, 2.45) is 11.7 Å². The van der Waals surface area contributed by atoms with Crippen molar-refractivity contribution in [2.75, 3.05) is 18.4 Å². The minimum absolute atomic E-state index is 0.0249. The highest BCUT2D eigenvalue weighted by Crippen LogP contribution is 2.27. The second-order valence-electron chi connectivity index (χ2n) is 7.59. The number of nitrogens with one attached hydrogen (secondary N) is 3. The van der Waals surface area contributed by atoms with E-state index in [9.17, 15) is 4.79 Å². The Morgan fingerprint density at radius 2 is 1.86 bits per heavy atom. The summed E-state index contributed by atoms with van der Waals surface area (Å²) in [7, 11) is 0. The fourth-order valence-electron chi connectivity index (χ4n) is 4.13. The molecule has 1 aromatic heterocycles. The molecule has 0 saturated carbocycles. The highest BCUT2D eigenvalue weighted by Gasteiger charge is 2.34. The van der Waals surface area contributed by atoms with Crippen LogP contribution in [-0.4, -0.2) is 41.1 Å². The molecule has 1 amide bonds. The van der Waals surface area contributed by atoms with Crippen molar-refractivity contribution in [3.63, 3.8) is 0 Å². The van der Waals surface area contributed by atoms with Crippen LogP contribution in [-0.2, 0) is 4.79 Å². The van der Waals surface area contributed by atoms with Gasteiger partial charge in [-0.1, -0.05) is 36.4 Å². The maximum Gasteiger partial charge on any atom is 0.244 e. The van der Waals surface area contributed by atoms with E-state index < -0.39 is 6.04 Å². The number of anilines is 1. The molecule has 2 fully saturated rings. The first-order chi connectivity index (χ1) is 13.7. The number of benzene rings is 1. The van der Waals surface area contributed by atoms with Gasteiger partial charge in [-0.05, 0) is 42.9 Å². The molecule has 3 unspecified atom stereocenters. The van der Waals surface area contributed by atoms with E-state index >= 15 is 0 Å². The van der Waals surface area contributed by atoms with E-state index in [1.54, 1.807) is 6.20 Å². The van der Waals surface area contributed by atoms with Crippen LogP contribution in [0.5, 0.6) is 0 Å². The van der Waals surface area contributed by atoms with E-state index in [2.05, 4.69) is 21.2 Å². The first-order valence-corrected chi connectivity index (χ1v) is 9.98. The van der Waals surface area contributed by atoms with Crippen LogP contribution in [0.4, 0.5) is 5.82 Å². The summed E-state index contributed by atoms with van der Waals surface area (Å²) in [4.78, 5) is 19.0. The Bertz CT molecular complexity index is 763. The number of hydrogen-bond donors (Lipinski definition) is 4. The standard InChI is InChI=1S/C21H28N6O/c22-20(16-6-2-1-3-7-16)21(28)27-12-9-15(10-13-27)17-14-19(26-25-17)24-18-8-4-5-11-23-18/h1-8,11,15,17,19-20,25-26H,9-10,12-14,22H2,(H,23,24). The molecule has 148 valence electrons. The summed E-state index contributed by atoms with van der Waals surface area (Å²) in [6.07, 6.45) is 4.91. The van der Waals surface area contributed by atoms with Crippen LogP contribution in [0.25, 0.3) is 0 Å². The summed E-state index contributed by atoms with van der Waals surface area (Å²) in [5.41, 5.74) is 13.8. The van der Waals surface area contributed by atoms with Gasteiger partial charge in [-0.2, -0.15) is 0 Å². The molecule has 0 spiro atoms. The van der Waals surface area contributed by atoms with Gasteiger partial charge in [0.2, 0.25) is 5.91 Å². The highest BCUT2D eigenvalue weighted by molar-refractivity contribution is 5.83. The van der Waals surface area contributed by atoms with E-state index in [0.717, 1.165) is 43.7 Å². The number of pyridine rings is 1. The summed E-state index contributed by atoms with van der Waals surface area (Å²) >= 11 is 0. The van der Waals surface area contributed by atoms with E-state index in [-0.39, 0.29) is 12.1 Å². The maximum atomic E-state index is 12.7. The minimum Gasteiger partial charge on any atom is -0.354 e. The number of hydrazine groups is 1. The molecular formula is C21H28N6O. The Kier molecular flexibility index (Phi) is 5.85. The van der Waals surface area contributed by atoms with Crippen LogP contribution in [0, 0.1) is 5.92 Å². The molecule has 3 heterocycles. The third-order valence-electron chi connectivity index (χ3n) is 5.76. The quantitative estimate of drug-likeness (QED) is 0.630. The Hall–Kier alpha value is -2.48. The Balaban J connectivity index is 1.26. The molecule has 28 heavy (non-hydrogen) atoms. The van der Waals surface area contributed by atoms with Crippen molar-refractivity contribution in [3.05, 3.63) is 60.3 Å². The number of amides is 1. The average Bonchev–Trinajstić information content (AvgIpc) is 3.22. The smallest absolute Gasteiger partial charge is 0.244 e. The van der Waals surface area contributed by atoms with Gasteiger partial charge >= 0.3 is 0 Å². The van der Waals surface area contributed by atoms with E-state index in [0.29, 0.717) is 12.0 Å². The monoisotopic (exact) mass is 380 g/mol. The molecule has 7 heteroatoms. The number of nitrogens with zero attached hydrogens (tertiary/aromatic N) is 2. The lowest BCUT2D eigenvalue weighted by Gasteiger charge is -2.35. The zero-order chi connectivity index (χ0) is 19.3. The third-order valence-corrected chi connectivity index (χ3v) is 5.76. The zero-order valence-electron chi connectivity index (χ0n) is 15.9. The van der Waals surface area contributed by atoms with Crippen molar-refractivity contribution in [1.82, 2.24) is 20.7 Å². The van der Waals surface area contributed by atoms with Crippen LogP contribution in [0.15, 0.2) is 54.7 Å².